The fraction of sp³-hybridized carbons (Fsp3) is 0.588. The number of hydrogen-bond acceptors (Lipinski definition) is 2. The molecule has 1 aromatic rings. The molecule has 1 fully saturated rings. The SMILES string of the molecule is Cc1ccc(C(C)NCCC(=O)N2CCCCC2)cc1. The van der Waals surface area contributed by atoms with E-state index in [4.69, 9.17) is 0 Å². The summed E-state index contributed by atoms with van der Waals surface area (Å²) in [5.41, 5.74) is 2.56. The van der Waals surface area contributed by atoms with E-state index in [2.05, 4.69) is 43.4 Å². The average molecular weight is 274 g/mol. The van der Waals surface area contributed by atoms with Crippen molar-refractivity contribution in [3.05, 3.63) is 35.4 Å². The van der Waals surface area contributed by atoms with Crippen LogP contribution in [0.3, 0.4) is 0 Å². The van der Waals surface area contributed by atoms with Crippen LogP contribution in [0.2, 0.25) is 0 Å². The molecule has 1 unspecified atom stereocenters. The van der Waals surface area contributed by atoms with Crippen LogP contribution in [0.5, 0.6) is 0 Å². The van der Waals surface area contributed by atoms with Crippen molar-refractivity contribution in [2.45, 2.75) is 45.6 Å². The number of nitrogens with zero attached hydrogens (tertiary/aromatic N) is 1. The summed E-state index contributed by atoms with van der Waals surface area (Å²) in [6, 6.07) is 8.86. The lowest BCUT2D eigenvalue weighted by molar-refractivity contribution is -0.132. The number of carbonyl (C=O) groups is 1. The Bertz CT molecular complexity index is 421. The van der Waals surface area contributed by atoms with E-state index in [0.29, 0.717) is 18.4 Å². The highest BCUT2D eigenvalue weighted by atomic mass is 16.2. The Labute approximate surface area is 122 Å². The smallest absolute Gasteiger partial charge is 0.223 e. The molecule has 0 aromatic heterocycles. The van der Waals surface area contributed by atoms with Crippen molar-refractivity contribution in [2.24, 2.45) is 0 Å². The monoisotopic (exact) mass is 274 g/mol. The van der Waals surface area contributed by atoms with Crippen LogP contribution in [-0.2, 0) is 4.79 Å². The molecule has 1 heterocycles. The molecular weight excluding hydrogens is 248 g/mol. The molecule has 0 spiro atoms. The van der Waals surface area contributed by atoms with Gasteiger partial charge in [0.15, 0.2) is 0 Å². The number of aryl methyl sites for hydroxylation is 1. The van der Waals surface area contributed by atoms with E-state index in [-0.39, 0.29) is 0 Å². The van der Waals surface area contributed by atoms with Crippen LogP contribution in [0.15, 0.2) is 24.3 Å². The average Bonchev–Trinajstić information content (AvgIpc) is 2.48. The maximum Gasteiger partial charge on any atom is 0.223 e. The summed E-state index contributed by atoms with van der Waals surface area (Å²) in [6.45, 7) is 6.90. The third-order valence-corrected chi connectivity index (χ3v) is 4.08. The summed E-state index contributed by atoms with van der Waals surface area (Å²) in [7, 11) is 0. The number of nitrogens with one attached hydrogen (secondary N) is 1. The van der Waals surface area contributed by atoms with E-state index in [9.17, 15) is 4.79 Å². The zero-order valence-electron chi connectivity index (χ0n) is 12.7. The second-order valence-corrected chi connectivity index (χ2v) is 5.78. The van der Waals surface area contributed by atoms with Gasteiger partial charge in [0.25, 0.3) is 0 Å². The highest BCUT2D eigenvalue weighted by Gasteiger charge is 2.16. The Hall–Kier alpha value is -1.35. The molecule has 110 valence electrons. The molecule has 1 amide bonds. The van der Waals surface area contributed by atoms with Crippen LogP contribution < -0.4 is 5.32 Å². The zero-order valence-corrected chi connectivity index (χ0v) is 12.7. The van der Waals surface area contributed by atoms with Crippen molar-refractivity contribution >= 4 is 5.91 Å². The van der Waals surface area contributed by atoms with Gasteiger partial charge in [0.05, 0.1) is 0 Å². The standard InChI is InChI=1S/C17H26N2O/c1-14-6-8-16(9-7-14)15(2)18-11-10-17(20)19-12-4-3-5-13-19/h6-9,15,18H,3-5,10-13H2,1-2H3. The van der Waals surface area contributed by atoms with Gasteiger partial charge in [-0.25, -0.2) is 0 Å². The molecule has 0 aliphatic carbocycles. The first-order valence-corrected chi connectivity index (χ1v) is 7.74. The molecule has 1 aromatic carbocycles. The van der Waals surface area contributed by atoms with Crippen LogP contribution in [0.4, 0.5) is 0 Å². The lowest BCUT2D eigenvalue weighted by Gasteiger charge is -2.27. The van der Waals surface area contributed by atoms with E-state index in [1.807, 2.05) is 4.90 Å². The third-order valence-electron chi connectivity index (χ3n) is 4.08. The molecule has 1 atom stereocenters. The number of benzene rings is 1. The Morgan fingerprint density at radius 1 is 1.20 bits per heavy atom. The lowest BCUT2D eigenvalue weighted by Crippen LogP contribution is -2.37. The predicted octanol–water partition coefficient (Wildman–Crippen LogP) is 3.05. The van der Waals surface area contributed by atoms with Crippen LogP contribution in [-0.4, -0.2) is 30.4 Å². The number of piperidine rings is 1. The first kappa shape index (κ1) is 15.0. The first-order valence-electron chi connectivity index (χ1n) is 7.74. The minimum atomic E-state index is 0.296. The maximum atomic E-state index is 12.0. The van der Waals surface area contributed by atoms with Crippen molar-refractivity contribution in [3.63, 3.8) is 0 Å². The molecule has 1 aliphatic heterocycles. The van der Waals surface area contributed by atoms with Crippen LogP contribution >= 0.6 is 0 Å². The van der Waals surface area contributed by atoms with Gasteiger partial charge in [-0.2, -0.15) is 0 Å². The molecule has 20 heavy (non-hydrogen) atoms. The van der Waals surface area contributed by atoms with Crippen molar-refractivity contribution in [1.29, 1.82) is 0 Å². The van der Waals surface area contributed by atoms with E-state index in [0.717, 1.165) is 19.6 Å². The van der Waals surface area contributed by atoms with E-state index in [1.54, 1.807) is 0 Å². The summed E-state index contributed by atoms with van der Waals surface area (Å²) in [5.74, 6) is 0.299. The number of likely N-dealkylation sites (tertiary alicyclic amines) is 1. The minimum Gasteiger partial charge on any atom is -0.343 e. The lowest BCUT2D eigenvalue weighted by atomic mass is 10.1. The fourth-order valence-corrected chi connectivity index (χ4v) is 2.67. The minimum absolute atomic E-state index is 0.296. The largest absolute Gasteiger partial charge is 0.343 e. The maximum absolute atomic E-state index is 12.0. The third kappa shape index (κ3) is 4.34. The molecule has 1 saturated heterocycles. The molecule has 2 rings (SSSR count). The highest BCUT2D eigenvalue weighted by molar-refractivity contribution is 5.76. The van der Waals surface area contributed by atoms with Crippen molar-refractivity contribution in [3.8, 4) is 0 Å². The van der Waals surface area contributed by atoms with Crippen molar-refractivity contribution in [2.75, 3.05) is 19.6 Å². The molecule has 1 aliphatic rings. The van der Waals surface area contributed by atoms with Gasteiger partial charge in [-0.1, -0.05) is 29.8 Å². The van der Waals surface area contributed by atoms with Gasteiger partial charge in [0.2, 0.25) is 5.91 Å². The van der Waals surface area contributed by atoms with Gasteiger partial charge in [0.1, 0.15) is 0 Å². The molecule has 3 nitrogen and oxygen atoms in total. The van der Waals surface area contributed by atoms with E-state index in [1.165, 1.54) is 30.4 Å². The van der Waals surface area contributed by atoms with Crippen molar-refractivity contribution < 1.29 is 4.79 Å². The number of amides is 1. The first-order chi connectivity index (χ1) is 9.66. The van der Waals surface area contributed by atoms with Gasteiger partial charge in [-0.15, -0.1) is 0 Å². The van der Waals surface area contributed by atoms with Gasteiger partial charge >= 0.3 is 0 Å². The van der Waals surface area contributed by atoms with Crippen LogP contribution in [0.1, 0.15) is 49.8 Å². The van der Waals surface area contributed by atoms with Crippen LogP contribution in [0.25, 0.3) is 0 Å². The second kappa shape index (κ2) is 7.44. The topological polar surface area (TPSA) is 32.3 Å². The number of hydrogen-bond donors (Lipinski definition) is 1. The Morgan fingerprint density at radius 2 is 1.85 bits per heavy atom. The number of rotatable bonds is 5. The summed E-state index contributed by atoms with van der Waals surface area (Å²) in [5, 5.41) is 3.44. The Morgan fingerprint density at radius 3 is 2.50 bits per heavy atom. The molecule has 0 saturated carbocycles. The van der Waals surface area contributed by atoms with Crippen molar-refractivity contribution in [1.82, 2.24) is 10.2 Å². The van der Waals surface area contributed by atoms with E-state index < -0.39 is 0 Å². The fourth-order valence-electron chi connectivity index (χ4n) is 2.67. The normalized spacial score (nSPS) is 17.0. The highest BCUT2D eigenvalue weighted by Crippen LogP contribution is 2.13. The molecular formula is C17H26N2O. The summed E-state index contributed by atoms with van der Waals surface area (Å²) in [6.07, 6.45) is 4.21. The summed E-state index contributed by atoms with van der Waals surface area (Å²) in [4.78, 5) is 14.1. The number of carbonyl (C=O) groups excluding carboxylic acids is 1. The van der Waals surface area contributed by atoms with E-state index >= 15 is 0 Å². The van der Waals surface area contributed by atoms with Crippen LogP contribution in [0, 0.1) is 6.92 Å². The predicted molar refractivity (Wildman–Crippen MR) is 82.6 cm³/mol. The van der Waals surface area contributed by atoms with Gasteiger partial charge < -0.3 is 10.2 Å². The second-order valence-electron chi connectivity index (χ2n) is 5.78. The van der Waals surface area contributed by atoms with Gasteiger partial charge in [0, 0.05) is 32.1 Å². The molecule has 0 radical (unpaired) electrons. The van der Waals surface area contributed by atoms with Gasteiger partial charge in [-0.3, -0.25) is 4.79 Å². The molecule has 3 heteroatoms. The summed E-state index contributed by atoms with van der Waals surface area (Å²) < 4.78 is 0. The Balaban J connectivity index is 1.72. The van der Waals surface area contributed by atoms with Gasteiger partial charge in [-0.05, 0) is 38.7 Å². The molecule has 0 bridgehead atoms. The Kier molecular flexibility index (Phi) is 5.60. The quantitative estimate of drug-likeness (QED) is 0.895. The zero-order chi connectivity index (χ0) is 14.4. The summed E-state index contributed by atoms with van der Waals surface area (Å²) >= 11 is 0. The molecule has 1 N–H and O–H groups in total.